The van der Waals surface area contributed by atoms with Gasteiger partial charge in [0.15, 0.2) is 5.11 Å². The molecule has 3 aromatic carbocycles. The van der Waals surface area contributed by atoms with Crippen LogP contribution >= 0.6 is 46.1 Å². The maximum absolute atomic E-state index is 12.5. The van der Waals surface area contributed by atoms with Crippen LogP contribution in [0.1, 0.15) is 10.4 Å². The van der Waals surface area contributed by atoms with Gasteiger partial charge in [0.2, 0.25) is 0 Å². The summed E-state index contributed by atoms with van der Waals surface area (Å²) in [5.74, 6) is 0.351. The molecule has 0 aliphatic carbocycles. The van der Waals surface area contributed by atoms with Gasteiger partial charge in [-0.1, -0.05) is 24.3 Å². The van der Waals surface area contributed by atoms with E-state index >= 15 is 0 Å². The van der Waals surface area contributed by atoms with Crippen LogP contribution in [0, 0.1) is 3.57 Å². The average molecular weight is 545 g/mol. The fourth-order valence-corrected chi connectivity index (χ4v) is 4.70. The third-order valence-electron chi connectivity index (χ3n) is 4.33. The minimum Gasteiger partial charge on any atom is -0.495 e. The SMILES string of the molecule is COc1ccc(-c2nc3ccccc3s2)cc1NC(=S)NC(=O)c1ccccc1I. The summed E-state index contributed by atoms with van der Waals surface area (Å²) in [5.41, 5.74) is 3.12. The smallest absolute Gasteiger partial charge is 0.258 e. The number of thiocarbonyl (C=S) groups is 1. The standard InChI is InChI=1S/C22H16IN3O2S2/c1-28-18-11-10-13(21-24-16-8-4-5-9-19(16)30-21)12-17(18)25-22(29)26-20(27)14-6-2-3-7-15(14)23/h2-12H,1H3,(H2,25,26,27,29). The van der Waals surface area contributed by atoms with Crippen molar-refractivity contribution in [3.8, 4) is 16.3 Å². The summed E-state index contributed by atoms with van der Waals surface area (Å²) in [5, 5.41) is 6.89. The lowest BCUT2D eigenvalue weighted by atomic mass is 10.2. The molecule has 0 fully saturated rings. The highest BCUT2D eigenvalue weighted by molar-refractivity contribution is 14.1. The predicted molar refractivity (Wildman–Crippen MR) is 134 cm³/mol. The first-order valence-corrected chi connectivity index (χ1v) is 11.3. The quantitative estimate of drug-likeness (QED) is 0.255. The van der Waals surface area contributed by atoms with E-state index in [-0.39, 0.29) is 11.0 Å². The van der Waals surface area contributed by atoms with E-state index in [1.54, 1.807) is 24.5 Å². The minimum absolute atomic E-state index is 0.194. The largest absolute Gasteiger partial charge is 0.495 e. The fourth-order valence-electron chi connectivity index (χ4n) is 2.90. The zero-order valence-electron chi connectivity index (χ0n) is 15.8. The van der Waals surface area contributed by atoms with E-state index in [2.05, 4.69) is 39.3 Å². The van der Waals surface area contributed by atoms with Crippen LogP contribution < -0.4 is 15.4 Å². The lowest BCUT2D eigenvalue weighted by Gasteiger charge is -2.14. The van der Waals surface area contributed by atoms with Crippen molar-refractivity contribution in [3.63, 3.8) is 0 Å². The molecule has 5 nitrogen and oxygen atoms in total. The monoisotopic (exact) mass is 545 g/mol. The van der Waals surface area contributed by atoms with E-state index < -0.39 is 0 Å². The number of anilines is 1. The highest BCUT2D eigenvalue weighted by Crippen LogP contribution is 2.34. The molecule has 8 heteroatoms. The van der Waals surface area contributed by atoms with Gasteiger partial charge >= 0.3 is 0 Å². The first-order valence-electron chi connectivity index (χ1n) is 8.96. The number of aromatic nitrogens is 1. The number of benzene rings is 3. The minimum atomic E-state index is -0.265. The maximum atomic E-state index is 12.5. The predicted octanol–water partition coefficient (Wildman–Crippen LogP) is 5.70. The lowest BCUT2D eigenvalue weighted by Crippen LogP contribution is -2.34. The van der Waals surface area contributed by atoms with Crippen molar-refractivity contribution in [1.29, 1.82) is 0 Å². The summed E-state index contributed by atoms with van der Waals surface area (Å²) in [7, 11) is 1.59. The summed E-state index contributed by atoms with van der Waals surface area (Å²) < 4.78 is 7.43. The van der Waals surface area contributed by atoms with Gasteiger partial charge in [-0.05, 0) is 77.3 Å². The Kier molecular flexibility index (Phi) is 6.26. The summed E-state index contributed by atoms with van der Waals surface area (Å²) in [6.07, 6.45) is 0. The number of thiazole rings is 1. The molecule has 150 valence electrons. The number of hydrogen-bond donors (Lipinski definition) is 2. The number of para-hydroxylation sites is 1. The Labute approximate surface area is 196 Å². The van der Waals surface area contributed by atoms with Crippen LogP contribution in [-0.4, -0.2) is 23.1 Å². The molecule has 0 bridgehead atoms. The van der Waals surface area contributed by atoms with Gasteiger partial charge in [-0.15, -0.1) is 11.3 Å². The topological polar surface area (TPSA) is 63.2 Å². The second-order valence-electron chi connectivity index (χ2n) is 6.29. The summed E-state index contributed by atoms with van der Waals surface area (Å²) in [6, 6.07) is 21.1. The molecule has 1 amide bonds. The van der Waals surface area contributed by atoms with Crippen LogP contribution in [0.5, 0.6) is 5.75 Å². The van der Waals surface area contributed by atoms with Crippen LogP contribution in [0.4, 0.5) is 5.69 Å². The number of hydrogen-bond acceptors (Lipinski definition) is 5. The Balaban J connectivity index is 1.57. The van der Waals surface area contributed by atoms with Crippen molar-refractivity contribution in [2.75, 3.05) is 12.4 Å². The van der Waals surface area contributed by atoms with E-state index in [0.717, 1.165) is 24.4 Å². The molecule has 4 aromatic rings. The van der Waals surface area contributed by atoms with Gasteiger partial charge in [0.1, 0.15) is 10.8 Å². The van der Waals surface area contributed by atoms with Crippen LogP contribution in [0.15, 0.2) is 66.7 Å². The van der Waals surface area contributed by atoms with Gasteiger partial charge in [0.25, 0.3) is 5.91 Å². The summed E-state index contributed by atoms with van der Waals surface area (Å²) in [6.45, 7) is 0. The second kappa shape index (κ2) is 9.07. The number of halogens is 1. The molecule has 0 saturated carbocycles. The Morgan fingerprint density at radius 3 is 2.63 bits per heavy atom. The number of carbonyl (C=O) groups excluding carboxylic acids is 1. The number of carbonyl (C=O) groups is 1. The summed E-state index contributed by atoms with van der Waals surface area (Å²) >= 11 is 9.10. The number of nitrogens with zero attached hydrogens (tertiary/aromatic N) is 1. The van der Waals surface area contributed by atoms with Gasteiger partial charge < -0.3 is 10.1 Å². The number of ether oxygens (including phenoxy) is 1. The number of fused-ring (bicyclic) bond motifs is 1. The molecule has 0 unspecified atom stereocenters. The third kappa shape index (κ3) is 4.45. The molecular formula is C22H16IN3O2S2. The molecular weight excluding hydrogens is 529 g/mol. The van der Waals surface area contributed by atoms with Crippen molar-refractivity contribution < 1.29 is 9.53 Å². The van der Waals surface area contributed by atoms with Crippen molar-refractivity contribution in [2.45, 2.75) is 0 Å². The van der Waals surface area contributed by atoms with E-state index in [4.69, 9.17) is 21.9 Å². The Hall–Kier alpha value is -2.56. The number of methoxy groups -OCH3 is 1. The molecule has 30 heavy (non-hydrogen) atoms. The number of nitrogens with one attached hydrogen (secondary N) is 2. The highest BCUT2D eigenvalue weighted by Gasteiger charge is 2.14. The van der Waals surface area contributed by atoms with Crippen LogP contribution in [0.2, 0.25) is 0 Å². The molecule has 1 heterocycles. The van der Waals surface area contributed by atoms with E-state index in [0.29, 0.717) is 17.0 Å². The van der Waals surface area contributed by atoms with Crippen molar-refractivity contribution in [2.24, 2.45) is 0 Å². The van der Waals surface area contributed by atoms with Gasteiger partial charge in [-0.2, -0.15) is 0 Å². The van der Waals surface area contributed by atoms with Crippen molar-refractivity contribution in [3.05, 3.63) is 75.9 Å². The number of rotatable bonds is 4. The Bertz CT molecular complexity index is 1220. The Morgan fingerprint density at radius 2 is 1.87 bits per heavy atom. The lowest BCUT2D eigenvalue weighted by molar-refractivity contribution is 0.0977. The third-order valence-corrected chi connectivity index (χ3v) is 6.56. The molecule has 0 aliphatic rings. The molecule has 0 aliphatic heterocycles. The highest BCUT2D eigenvalue weighted by atomic mass is 127. The van der Waals surface area contributed by atoms with E-state index in [1.165, 1.54) is 0 Å². The van der Waals surface area contributed by atoms with Crippen LogP contribution in [0.3, 0.4) is 0 Å². The molecule has 0 atom stereocenters. The zero-order valence-corrected chi connectivity index (χ0v) is 19.6. The molecule has 4 rings (SSSR count). The van der Waals surface area contributed by atoms with Crippen molar-refractivity contribution in [1.82, 2.24) is 10.3 Å². The van der Waals surface area contributed by atoms with E-state index in [9.17, 15) is 4.79 Å². The first kappa shape index (κ1) is 20.7. The second-order valence-corrected chi connectivity index (χ2v) is 8.89. The van der Waals surface area contributed by atoms with Crippen molar-refractivity contribution >= 4 is 73.1 Å². The molecule has 1 aromatic heterocycles. The first-order chi connectivity index (χ1) is 14.5. The average Bonchev–Trinajstić information content (AvgIpc) is 3.18. The zero-order chi connectivity index (χ0) is 21.1. The van der Waals surface area contributed by atoms with Gasteiger partial charge in [-0.25, -0.2) is 4.98 Å². The molecule has 0 radical (unpaired) electrons. The van der Waals surface area contributed by atoms with Crippen LogP contribution in [0.25, 0.3) is 20.8 Å². The van der Waals surface area contributed by atoms with Gasteiger partial charge in [0, 0.05) is 9.13 Å². The normalized spacial score (nSPS) is 10.6. The Morgan fingerprint density at radius 1 is 1.10 bits per heavy atom. The van der Waals surface area contributed by atoms with E-state index in [1.807, 2.05) is 54.6 Å². The molecule has 0 spiro atoms. The summed E-state index contributed by atoms with van der Waals surface area (Å²) in [4.78, 5) is 17.2. The maximum Gasteiger partial charge on any atom is 0.258 e. The fraction of sp³-hybridized carbons (Fsp3) is 0.0455. The van der Waals surface area contributed by atoms with Crippen LogP contribution in [-0.2, 0) is 0 Å². The van der Waals surface area contributed by atoms with Gasteiger partial charge in [-0.3, -0.25) is 10.1 Å². The number of amides is 1. The van der Waals surface area contributed by atoms with Gasteiger partial charge in [0.05, 0.1) is 28.6 Å². The molecule has 0 saturated heterocycles. The molecule has 2 N–H and O–H groups in total.